The van der Waals surface area contributed by atoms with Gasteiger partial charge in [-0.15, -0.1) is 0 Å². The molecule has 0 aromatic carbocycles. The first-order valence-corrected chi connectivity index (χ1v) is 3.31. The van der Waals surface area contributed by atoms with E-state index in [2.05, 4.69) is 23.9 Å². The van der Waals surface area contributed by atoms with Gasteiger partial charge in [0.15, 0.2) is 0 Å². The van der Waals surface area contributed by atoms with Crippen molar-refractivity contribution in [1.29, 1.82) is 0 Å². The zero-order chi connectivity index (χ0) is 8.85. The number of hydrogen-bond donors (Lipinski definition) is 0. The number of rotatable bonds is 0. The summed E-state index contributed by atoms with van der Waals surface area (Å²) in [7, 11) is 0.618. The van der Waals surface area contributed by atoms with Gasteiger partial charge >= 0.3 is 7.54 Å². The molecule has 1 heterocycles. The van der Waals surface area contributed by atoms with Crippen molar-refractivity contribution in [2.24, 2.45) is 0 Å². The summed E-state index contributed by atoms with van der Waals surface area (Å²) in [5.74, 6) is 0. The molecule has 0 amide bonds. The minimum Gasteiger partial charge on any atom is -0.292 e. The van der Waals surface area contributed by atoms with Crippen LogP contribution in [0.5, 0.6) is 0 Å². The van der Waals surface area contributed by atoms with Crippen LogP contribution in [0.4, 0.5) is 12.9 Å². The SMILES string of the molecule is CN1CCN(C)C1.FB(F)F. The fourth-order valence-electron chi connectivity index (χ4n) is 0.895. The fourth-order valence-corrected chi connectivity index (χ4v) is 0.895. The first kappa shape index (κ1) is 10.8. The van der Waals surface area contributed by atoms with Crippen LogP contribution in [0.3, 0.4) is 0 Å². The first-order valence-electron chi connectivity index (χ1n) is 3.31. The van der Waals surface area contributed by atoms with E-state index in [9.17, 15) is 12.9 Å². The average Bonchev–Trinajstić information content (AvgIpc) is 2.13. The largest absolute Gasteiger partial charge is 0.762 e. The molecule has 0 N–H and O–H groups in total. The van der Waals surface area contributed by atoms with Gasteiger partial charge in [0, 0.05) is 13.1 Å². The van der Waals surface area contributed by atoms with E-state index in [1.807, 2.05) is 0 Å². The highest BCUT2D eigenvalue weighted by atomic mass is 19.4. The summed E-state index contributed by atoms with van der Waals surface area (Å²) >= 11 is 0. The van der Waals surface area contributed by atoms with Gasteiger partial charge in [-0.2, -0.15) is 0 Å². The second-order valence-corrected chi connectivity index (χ2v) is 2.55. The van der Waals surface area contributed by atoms with Gasteiger partial charge < -0.3 is 0 Å². The molecule has 6 heteroatoms. The Morgan fingerprint density at radius 2 is 1.27 bits per heavy atom. The van der Waals surface area contributed by atoms with Gasteiger partial charge in [-0.05, 0) is 14.1 Å². The van der Waals surface area contributed by atoms with Crippen molar-refractivity contribution in [3.8, 4) is 0 Å². The summed E-state index contributed by atoms with van der Waals surface area (Å²) in [6.45, 7) is 3.60. The lowest BCUT2D eigenvalue weighted by molar-refractivity contribution is 0.318. The molecule has 0 spiro atoms. The van der Waals surface area contributed by atoms with Crippen LogP contribution in [0.2, 0.25) is 0 Å². The van der Waals surface area contributed by atoms with Crippen molar-refractivity contribution in [3.05, 3.63) is 0 Å². The van der Waals surface area contributed by atoms with Gasteiger partial charge in [-0.3, -0.25) is 22.7 Å². The maximum Gasteiger partial charge on any atom is 0.762 e. The van der Waals surface area contributed by atoms with Gasteiger partial charge in [0.1, 0.15) is 0 Å². The minimum absolute atomic E-state index is 1.14. The van der Waals surface area contributed by atoms with Gasteiger partial charge in [-0.25, -0.2) is 0 Å². The predicted octanol–water partition coefficient (Wildman–Crippen LogP) is 0.701. The normalized spacial score (nSPS) is 19.4. The molecule has 0 radical (unpaired) electrons. The Hall–Kier alpha value is -0.225. The van der Waals surface area contributed by atoms with Crippen molar-refractivity contribution in [1.82, 2.24) is 9.80 Å². The second-order valence-electron chi connectivity index (χ2n) is 2.55. The van der Waals surface area contributed by atoms with Crippen LogP contribution in [-0.2, 0) is 0 Å². The minimum atomic E-state index is -3.67. The monoisotopic (exact) mass is 168 g/mol. The molecule has 2 nitrogen and oxygen atoms in total. The van der Waals surface area contributed by atoms with Gasteiger partial charge in [0.05, 0.1) is 6.67 Å². The fraction of sp³-hybridized carbons (Fsp3) is 1.00. The molecule has 0 aliphatic carbocycles. The molecule has 0 atom stereocenters. The molecule has 0 unspecified atom stereocenters. The second kappa shape index (κ2) is 5.43. The summed E-state index contributed by atoms with van der Waals surface area (Å²) in [6, 6.07) is 0. The summed E-state index contributed by atoms with van der Waals surface area (Å²) in [6.07, 6.45) is 0. The Labute approximate surface area is 65.2 Å². The molecular weight excluding hydrogens is 156 g/mol. The van der Waals surface area contributed by atoms with E-state index >= 15 is 0 Å². The van der Waals surface area contributed by atoms with Crippen LogP contribution in [0.25, 0.3) is 0 Å². The van der Waals surface area contributed by atoms with E-state index in [-0.39, 0.29) is 0 Å². The van der Waals surface area contributed by atoms with E-state index in [4.69, 9.17) is 0 Å². The molecule has 1 rings (SSSR count). The lowest BCUT2D eigenvalue weighted by Gasteiger charge is -2.06. The molecule has 0 aromatic rings. The Morgan fingerprint density at radius 3 is 1.36 bits per heavy atom. The van der Waals surface area contributed by atoms with Gasteiger partial charge in [-0.1, -0.05) is 0 Å². The standard InChI is InChI=1S/C5H12N2.BF3/c1-6-3-4-7(2)5-6;2-1(3)4/h3-5H2,1-2H3;. The lowest BCUT2D eigenvalue weighted by atomic mass is 10.5. The highest BCUT2D eigenvalue weighted by Crippen LogP contribution is 1.95. The number of likely N-dealkylation sites (N-methyl/N-ethyl adjacent to an activating group) is 2. The topological polar surface area (TPSA) is 6.48 Å². The average molecular weight is 168 g/mol. The molecular formula is C5H12BF3N2. The molecule has 1 saturated heterocycles. The van der Waals surface area contributed by atoms with Gasteiger partial charge in [0.25, 0.3) is 0 Å². The highest BCUT2D eigenvalue weighted by Gasteiger charge is 2.09. The zero-order valence-electron chi connectivity index (χ0n) is 6.73. The molecule has 0 bridgehead atoms. The maximum absolute atomic E-state index is 9.67. The van der Waals surface area contributed by atoms with E-state index in [0.717, 1.165) is 6.67 Å². The van der Waals surface area contributed by atoms with E-state index in [0.29, 0.717) is 0 Å². The van der Waals surface area contributed by atoms with Crippen LogP contribution in [0, 0.1) is 0 Å². The third kappa shape index (κ3) is 7.67. The Kier molecular flexibility index (Phi) is 5.32. The Morgan fingerprint density at radius 1 is 1.00 bits per heavy atom. The van der Waals surface area contributed by atoms with E-state index in [1.54, 1.807) is 0 Å². The summed E-state index contributed by atoms with van der Waals surface area (Å²) in [5.41, 5.74) is 0. The lowest BCUT2D eigenvalue weighted by Crippen LogP contribution is -2.17. The van der Waals surface area contributed by atoms with E-state index < -0.39 is 7.54 Å². The Balaban J connectivity index is 0.000000218. The van der Waals surface area contributed by atoms with Crippen molar-refractivity contribution in [3.63, 3.8) is 0 Å². The Bertz CT molecular complexity index is 93.0. The van der Waals surface area contributed by atoms with Crippen LogP contribution in [0.1, 0.15) is 0 Å². The molecule has 11 heavy (non-hydrogen) atoms. The highest BCUT2D eigenvalue weighted by molar-refractivity contribution is 6.33. The van der Waals surface area contributed by atoms with Crippen LogP contribution >= 0.6 is 0 Å². The summed E-state index contributed by atoms with van der Waals surface area (Å²) in [4.78, 5) is 4.61. The van der Waals surface area contributed by atoms with E-state index in [1.165, 1.54) is 13.1 Å². The molecule has 1 aliphatic heterocycles. The molecule has 1 fully saturated rings. The van der Waals surface area contributed by atoms with Crippen LogP contribution in [-0.4, -0.2) is 51.2 Å². The van der Waals surface area contributed by atoms with Crippen LogP contribution in [0.15, 0.2) is 0 Å². The van der Waals surface area contributed by atoms with Crippen LogP contribution < -0.4 is 0 Å². The number of halogens is 3. The van der Waals surface area contributed by atoms with Crippen molar-refractivity contribution in [2.75, 3.05) is 33.9 Å². The van der Waals surface area contributed by atoms with Crippen molar-refractivity contribution >= 4 is 7.54 Å². The smallest absolute Gasteiger partial charge is 0.292 e. The summed E-state index contributed by atoms with van der Waals surface area (Å²) in [5, 5.41) is 0. The zero-order valence-corrected chi connectivity index (χ0v) is 6.73. The third-order valence-electron chi connectivity index (χ3n) is 1.35. The molecule has 1 aliphatic rings. The van der Waals surface area contributed by atoms with Gasteiger partial charge in [0.2, 0.25) is 0 Å². The first-order chi connectivity index (χ1) is 5.02. The number of nitrogens with zero attached hydrogens (tertiary/aromatic N) is 2. The molecule has 0 saturated carbocycles. The van der Waals surface area contributed by atoms with Crippen molar-refractivity contribution in [2.45, 2.75) is 0 Å². The molecule has 0 aromatic heterocycles. The third-order valence-corrected chi connectivity index (χ3v) is 1.35. The molecule has 66 valence electrons. The quantitative estimate of drug-likeness (QED) is 0.491. The number of hydrogen-bond acceptors (Lipinski definition) is 2. The van der Waals surface area contributed by atoms with Crippen molar-refractivity contribution < 1.29 is 12.9 Å². The maximum atomic E-state index is 9.67. The predicted molar refractivity (Wildman–Crippen MR) is 39.2 cm³/mol. The summed E-state index contributed by atoms with van der Waals surface area (Å²) < 4.78 is 29.0.